The van der Waals surface area contributed by atoms with Crippen LogP contribution >= 0.6 is 0 Å². The van der Waals surface area contributed by atoms with Crippen LogP contribution in [0, 0.1) is 5.92 Å². The fourth-order valence-corrected chi connectivity index (χ4v) is 2.50. The van der Waals surface area contributed by atoms with Crippen LogP contribution in [-0.4, -0.2) is 43.6 Å². The highest BCUT2D eigenvalue weighted by molar-refractivity contribution is 5.97. The molecule has 5 nitrogen and oxygen atoms in total. The first kappa shape index (κ1) is 16.2. The van der Waals surface area contributed by atoms with E-state index in [4.69, 9.17) is 0 Å². The predicted molar refractivity (Wildman–Crippen MR) is 73.7 cm³/mol. The summed E-state index contributed by atoms with van der Waals surface area (Å²) in [4.78, 5) is 25.4. The maximum Gasteiger partial charge on any atom is 0.387 e. The van der Waals surface area contributed by atoms with E-state index >= 15 is 0 Å². The lowest BCUT2D eigenvalue weighted by molar-refractivity contribution is -0.146. The van der Waals surface area contributed by atoms with Crippen LogP contribution < -0.4 is 4.74 Å². The van der Waals surface area contributed by atoms with E-state index in [1.807, 2.05) is 0 Å². The number of para-hydroxylation sites is 1. The van der Waals surface area contributed by atoms with Crippen LogP contribution in [0.5, 0.6) is 5.75 Å². The van der Waals surface area contributed by atoms with Gasteiger partial charge < -0.3 is 14.4 Å². The van der Waals surface area contributed by atoms with Gasteiger partial charge in [-0.1, -0.05) is 12.1 Å². The number of amides is 1. The fourth-order valence-electron chi connectivity index (χ4n) is 2.50. The van der Waals surface area contributed by atoms with E-state index in [1.165, 1.54) is 30.2 Å². The number of carbonyl (C=O) groups is 2. The lowest BCUT2D eigenvalue weighted by Crippen LogP contribution is -2.40. The Balaban J connectivity index is 2.06. The number of hydrogen-bond acceptors (Lipinski definition) is 4. The van der Waals surface area contributed by atoms with Gasteiger partial charge in [-0.05, 0) is 25.0 Å². The molecule has 0 radical (unpaired) electrons. The number of ether oxygens (including phenoxy) is 2. The van der Waals surface area contributed by atoms with E-state index < -0.39 is 6.61 Å². The molecule has 0 bridgehead atoms. The second-order valence-electron chi connectivity index (χ2n) is 4.96. The number of halogens is 2. The number of piperidine rings is 1. The molecular weight excluding hydrogens is 296 g/mol. The lowest BCUT2D eigenvalue weighted by Gasteiger charge is -2.31. The SMILES string of the molecule is COC(=O)C1CCN(C(=O)c2ccccc2OC(F)F)CC1. The topological polar surface area (TPSA) is 55.8 Å². The number of nitrogens with zero attached hydrogens (tertiary/aromatic N) is 1. The highest BCUT2D eigenvalue weighted by atomic mass is 19.3. The van der Waals surface area contributed by atoms with E-state index in [1.54, 1.807) is 6.07 Å². The van der Waals surface area contributed by atoms with Gasteiger partial charge in [0.2, 0.25) is 0 Å². The van der Waals surface area contributed by atoms with Crippen molar-refractivity contribution >= 4 is 11.9 Å². The van der Waals surface area contributed by atoms with Crippen molar-refractivity contribution in [2.45, 2.75) is 19.5 Å². The van der Waals surface area contributed by atoms with Crippen molar-refractivity contribution in [3.8, 4) is 5.75 Å². The Hall–Kier alpha value is -2.18. The average Bonchev–Trinajstić information content (AvgIpc) is 2.53. The molecule has 7 heteroatoms. The van der Waals surface area contributed by atoms with Crippen LogP contribution in [0.15, 0.2) is 24.3 Å². The summed E-state index contributed by atoms with van der Waals surface area (Å²) in [6.07, 6.45) is 0.993. The van der Waals surface area contributed by atoms with Crippen molar-refractivity contribution in [2.75, 3.05) is 20.2 Å². The minimum absolute atomic E-state index is 0.0966. The van der Waals surface area contributed by atoms with Gasteiger partial charge in [0.15, 0.2) is 0 Å². The van der Waals surface area contributed by atoms with E-state index in [-0.39, 0.29) is 29.1 Å². The van der Waals surface area contributed by atoms with Crippen molar-refractivity contribution in [3.63, 3.8) is 0 Å². The molecule has 0 saturated carbocycles. The van der Waals surface area contributed by atoms with Crippen molar-refractivity contribution in [2.24, 2.45) is 5.92 Å². The molecule has 0 unspecified atom stereocenters. The van der Waals surface area contributed by atoms with Gasteiger partial charge >= 0.3 is 12.6 Å². The molecule has 0 aliphatic carbocycles. The molecule has 0 spiro atoms. The number of esters is 1. The van der Waals surface area contributed by atoms with Crippen molar-refractivity contribution in [1.29, 1.82) is 0 Å². The molecule has 2 rings (SSSR count). The first-order chi connectivity index (χ1) is 10.5. The molecule has 1 heterocycles. The van der Waals surface area contributed by atoms with Crippen LogP contribution in [-0.2, 0) is 9.53 Å². The van der Waals surface area contributed by atoms with Gasteiger partial charge in [0.05, 0.1) is 18.6 Å². The van der Waals surface area contributed by atoms with Crippen molar-refractivity contribution in [1.82, 2.24) is 4.90 Å². The van der Waals surface area contributed by atoms with E-state index in [9.17, 15) is 18.4 Å². The van der Waals surface area contributed by atoms with E-state index in [0.29, 0.717) is 25.9 Å². The maximum atomic E-state index is 12.4. The number of likely N-dealkylation sites (tertiary alicyclic amines) is 1. The molecular formula is C15H17F2NO4. The predicted octanol–water partition coefficient (Wildman–Crippen LogP) is 2.31. The third-order valence-electron chi connectivity index (χ3n) is 3.65. The number of methoxy groups -OCH3 is 1. The molecule has 0 atom stereocenters. The quantitative estimate of drug-likeness (QED) is 0.801. The summed E-state index contributed by atoms with van der Waals surface area (Å²) in [5.41, 5.74) is 0.0966. The Labute approximate surface area is 126 Å². The van der Waals surface area contributed by atoms with Crippen LogP contribution in [0.25, 0.3) is 0 Å². The number of alkyl halides is 2. The van der Waals surface area contributed by atoms with Crippen molar-refractivity contribution in [3.05, 3.63) is 29.8 Å². The van der Waals surface area contributed by atoms with Gasteiger partial charge in [-0.15, -0.1) is 0 Å². The number of rotatable bonds is 4. The summed E-state index contributed by atoms with van der Waals surface area (Å²) in [6.45, 7) is -2.23. The first-order valence-corrected chi connectivity index (χ1v) is 6.94. The van der Waals surface area contributed by atoms with Gasteiger partial charge in [0, 0.05) is 13.1 Å². The Bertz CT molecular complexity index is 542. The van der Waals surface area contributed by atoms with Crippen LogP contribution in [0.2, 0.25) is 0 Å². The molecule has 1 amide bonds. The van der Waals surface area contributed by atoms with Crippen LogP contribution in [0.1, 0.15) is 23.2 Å². The second-order valence-corrected chi connectivity index (χ2v) is 4.96. The molecule has 1 aliphatic heterocycles. The summed E-state index contributed by atoms with van der Waals surface area (Å²) >= 11 is 0. The highest BCUT2D eigenvalue weighted by Gasteiger charge is 2.29. The fraction of sp³-hybridized carbons (Fsp3) is 0.467. The minimum atomic E-state index is -2.99. The van der Waals surface area contributed by atoms with Gasteiger partial charge in [-0.2, -0.15) is 8.78 Å². The Morgan fingerprint density at radius 3 is 2.45 bits per heavy atom. The standard InChI is InChI=1S/C15H17F2NO4/c1-21-14(20)10-6-8-18(9-7-10)13(19)11-4-2-3-5-12(11)22-15(16)17/h2-5,10,15H,6-9H2,1H3. The third-order valence-corrected chi connectivity index (χ3v) is 3.65. The normalized spacial score (nSPS) is 15.7. The van der Waals surface area contributed by atoms with Gasteiger partial charge in [-0.3, -0.25) is 9.59 Å². The minimum Gasteiger partial charge on any atom is -0.469 e. The smallest absolute Gasteiger partial charge is 0.387 e. The summed E-state index contributed by atoms with van der Waals surface area (Å²) < 4.78 is 33.8. The summed E-state index contributed by atoms with van der Waals surface area (Å²) in [7, 11) is 1.33. The van der Waals surface area contributed by atoms with E-state index in [2.05, 4.69) is 9.47 Å². The van der Waals surface area contributed by atoms with Crippen molar-refractivity contribution < 1.29 is 27.8 Å². The number of hydrogen-bond donors (Lipinski definition) is 0. The average molecular weight is 313 g/mol. The molecule has 1 fully saturated rings. The molecule has 0 N–H and O–H groups in total. The molecule has 22 heavy (non-hydrogen) atoms. The zero-order valence-electron chi connectivity index (χ0n) is 12.1. The third kappa shape index (κ3) is 3.72. The van der Waals surface area contributed by atoms with Gasteiger partial charge in [-0.25, -0.2) is 0 Å². The first-order valence-electron chi connectivity index (χ1n) is 6.94. The van der Waals surface area contributed by atoms with E-state index in [0.717, 1.165) is 0 Å². The monoisotopic (exact) mass is 313 g/mol. The molecule has 1 aromatic rings. The molecule has 1 aliphatic rings. The zero-order valence-corrected chi connectivity index (χ0v) is 12.1. The Morgan fingerprint density at radius 1 is 1.23 bits per heavy atom. The largest absolute Gasteiger partial charge is 0.469 e. The number of carbonyl (C=O) groups excluding carboxylic acids is 2. The second kappa shape index (κ2) is 7.20. The summed E-state index contributed by atoms with van der Waals surface area (Å²) in [6, 6.07) is 5.90. The highest BCUT2D eigenvalue weighted by Crippen LogP contribution is 2.25. The Kier molecular flexibility index (Phi) is 5.30. The zero-order chi connectivity index (χ0) is 16.1. The molecule has 0 aromatic heterocycles. The lowest BCUT2D eigenvalue weighted by atomic mass is 9.96. The van der Waals surface area contributed by atoms with Gasteiger partial charge in [0.1, 0.15) is 5.75 Å². The molecule has 120 valence electrons. The Morgan fingerprint density at radius 2 is 1.86 bits per heavy atom. The summed E-state index contributed by atoms with van der Waals surface area (Å²) in [5, 5.41) is 0. The molecule has 1 saturated heterocycles. The van der Waals surface area contributed by atoms with Gasteiger partial charge in [0.25, 0.3) is 5.91 Å². The maximum absolute atomic E-state index is 12.4. The summed E-state index contributed by atoms with van der Waals surface area (Å²) in [5.74, 6) is -1.02. The molecule has 1 aromatic carbocycles. The number of benzene rings is 1. The van der Waals surface area contributed by atoms with Crippen LogP contribution in [0.3, 0.4) is 0 Å². The van der Waals surface area contributed by atoms with Crippen LogP contribution in [0.4, 0.5) is 8.78 Å².